The standard InChI is InChI=1S/C15H18N4O2S/c1-3-8-19(11-14-6-4-13(9-16)5-7-14)22(20,21)15-10-17-18(2)12-15/h4-7,10,12H,3,8,11H2,1-2H3. The van der Waals surface area contributed by atoms with Gasteiger partial charge in [-0.15, -0.1) is 0 Å². The van der Waals surface area contributed by atoms with Crippen molar-refractivity contribution in [3.05, 3.63) is 47.8 Å². The molecule has 6 nitrogen and oxygen atoms in total. The maximum absolute atomic E-state index is 12.7. The van der Waals surface area contributed by atoms with E-state index in [-0.39, 0.29) is 11.4 Å². The van der Waals surface area contributed by atoms with Gasteiger partial charge in [-0.1, -0.05) is 19.1 Å². The lowest BCUT2D eigenvalue weighted by atomic mass is 10.1. The minimum atomic E-state index is -3.57. The molecule has 0 spiro atoms. The molecule has 0 aliphatic heterocycles. The molecule has 116 valence electrons. The Morgan fingerprint density at radius 1 is 1.32 bits per heavy atom. The van der Waals surface area contributed by atoms with E-state index in [1.165, 1.54) is 21.4 Å². The molecule has 0 saturated heterocycles. The van der Waals surface area contributed by atoms with Crippen molar-refractivity contribution in [2.45, 2.75) is 24.8 Å². The fraction of sp³-hybridized carbons (Fsp3) is 0.333. The van der Waals surface area contributed by atoms with Crippen molar-refractivity contribution >= 4 is 10.0 Å². The van der Waals surface area contributed by atoms with E-state index in [1.54, 1.807) is 31.3 Å². The lowest BCUT2D eigenvalue weighted by Crippen LogP contribution is -2.31. The molecule has 0 atom stereocenters. The largest absolute Gasteiger partial charge is 0.274 e. The summed E-state index contributed by atoms with van der Waals surface area (Å²) in [5.74, 6) is 0. The third kappa shape index (κ3) is 3.53. The van der Waals surface area contributed by atoms with E-state index in [0.717, 1.165) is 12.0 Å². The first-order valence-electron chi connectivity index (χ1n) is 6.95. The van der Waals surface area contributed by atoms with Crippen LogP contribution in [0.5, 0.6) is 0 Å². The maximum atomic E-state index is 12.7. The number of hydrogen-bond acceptors (Lipinski definition) is 4. The summed E-state index contributed by atoms with van der Waals surface area (Å²) in [5, 5.41) is 12.7. The normalized spacial score (nSPS) is 11.5. The van der Waals surface area contributed by atoms with Crippen molar-refractivity contribution in [3.8, 4) is 6.07 Å². The lowest BCUT2D eigenvalue weighted by molar-refractivity contribution is 0.405. The second-order valence-electron chi connectivity index (χ2n) is 5.00. The van der Waals surface area contributed by atoms with E-state index in [1.807, 2.05) is 13.0 Å². The Balaban J connectivity index is 2.27. The van der Waals surface area contributed by atoms with Crippen molar-refractivity contribution < 1.29 is 8.42 Å². The Bertz CT molecular complexity index is 773. The van der Waals surface area contributed by atoms with E-state index in [9.17, 15) is 8.42 Å². The molecule has 0 N–H and O–H groups in total. The topological polar surface area (TPSA) is 79.0 Å². The van der Waals surface area contributed by atoms with Gasteiger partial charge in [0.15, 0.2) is 0 Å². The van der Waals surface area contributed by atoms with Crippen molar-refractivity contribution in [2.75, 3.05) is 6.54 Å². The van der Waals surface area contributed by atoms with E-state index in [2.05, 4.69) is 5.10 Å². The zero-order valence-electron chi connectivity index (χ0n) is 12.6. The number of nitriles is 1. The Labute approximate surface area is 130 Å². The van der Waals surface area contributed by atoms with Crippen molar-refractivity contribution in [1.82, 2.24) is 14.1 Å². The highest BCUT2D eigenvalue weighted by Crippen LogP contribution is 2.18. The molecule has 0 aliphatic carbocycles. The first-order chi connectivity index (χ1) is 10.5. The third-order valence-electron chi connectivity index (χ3n) is 3.23. The lowest BCUT2D eigenvalue weighted by Gasteiger charge is -2.20. The number of nitrogens with zero attached hydrogens (tertiary/aromatic N) is 4. The first-order valence-corrected chi connectivity index (χ1v) is 8.39. The molecule has 2 rings (SSSR count). The highest BCUT2D eigenvalue weighted by molar-refractivity contribution is 7.89. The monoisotopic (exact) mass is 318 g/mol. The smallest absolute Gasteiger partial charge is 0.246 e. The number of rotatable bonds is 6. The molecule has 0 bridgehead atoms. The average molecular weight is 318 g/mol. The summed E-state index contributed by atoms with van der Waals surface area (Å²) in [6, 6.07) is 8.99. The Morgan fingerprint density at radius 3 is 2.50 bits per heavy atom. The SMILES string of the molecule is CCCN(Cc1ccc(C#N)cc1)S(=O)(=O)c1cnn(C)c1. The van der Waals surface area contributed by atoms with Gasteiger partial charge in [-0.25, -0.2) is 8.42 Å². The summed E-state index contributed by atoms with van der Waals surface area (Å²) in [6.45, 7) is 2.64. The van der Waals surface area contributed by atoms with Gasteiger partial charge in [0.05, 0.1) is 17.8 Å². The molecule has 22 heavy (non-hydrogen) atoms. The predicted molar refractivity (Wildman–Crippen MR) is 82.3 cm³/mol. The van der Waals surface area contributed by atoms with Crippen LogP contribution >= 0.6 is 0 Å². The van der Waals surface area contributed by atoms with Crippen molar-refractivity contribution in [2.24, 2.45) is 7.05 Å². The van der Waals surface area contributed by atoms with Crippen LogP contribution < -0.4 is 0 Å². The van der Waals surface area contributed by atoms with Gasteiger partial charge < -0.3 is 0 Å². The highest BCUT2D eigenvalue weighted by Gasteiger charge is 2.25. The Morgan fingerprint density at radius 2 is 2.00 bits per heavy atom. The van der Waals surface area contributed by atoms with Gasteiger partial charge in [-0.2, -0.15) is 14.7 Å². The van der Waals surface area contributed by atoms with E-state index in [4.69, 9.17) is 5.26 Å². The predicted octanol–water partition coefficient (Wildman–Crippen LogP) is 1.89. The summed E-state index contributed by atoms with van der Waals surface area (Å²) in [6.07, 6.45) is 3.57. The number of aryl methyl sites for hydroxylation is 1. The fourth-order valence-corrected chi connectivity index (χ4v) is 3.61. The second-order valence-corrected chi connectivity index (χ2v) is 6.93. The fourth-order valence-electron chi connectivity index (χ4n) is 2.10. The molecule has 0 unspecified atom stereocenters. The van der Waals surface area contributed by atoms with Crippen LogP contribution in [-0.4, -0.2) is 29.0 Å². The van der Waals surface area contributed by atoms with Crippen molar-refractivity contribution in [3.63, 3.8) is 0 Å². The molecule has 1 aromatic carbocycles. The molecular weight excluding hydrogens is 300 g/mol. The second kappa shape index (κ2) is 6.73. The van der Waals surface area contributed by atoms with Gasteiger partial charge >= 0.3 is 0 Å². The summed E-state index contributed by atoms with van der Waals surface area (Å²) < 4.78 is 28.3. The highest BCUT2D eigenvalue weighted by atomic mass is 32.2. The zero-order valence-corrected chi connectivity index (χ0v) is 13.4. The quantitative estimate of drug-likeness (QED) is 0.815. The van der Waals surface area contributed by atoms with Crippen LogP contribution in [0.2, 0.25) is 0 Å². The van der Waals surface area contributed by atoms with E-state index in [0.29, 0.717) is 12.1 Å². The summed E-state index contributed by atoms with van der Waals surface area (Å²) in [7, 11) is -1.89. The average Bonchev–Trinajstić information content (AvgIpc) is 2.95. The van der Waals surface area contributed by atoms with Gasteiger partial charge in [-0.05, 0) is 24.1 Å². The zero-order chi connectivity index (χ0) is 16.2. The minimum Gasteiger partial charge on any atom is -0.274 e. The van der Waals surface area contributed by atoms with Crippen LogP contribution in [0.1, 0.15) is 24.5 Å². The molecule has 0 amide bonds. The molecule has 0 aliphatic rings. The van der Waals surface area contributed by atoms with Crippen LogP contribution in [0.25, 0.3) is 0 Å². The van der Waals surface area contributed by atoms with Crippen LogP contribution in [0.15, 0.2) is 41.6 Å². The van der Waals surface area contributed by atoms with Gasteiger partial charge in [0, 0.05) is 26.3 Å². The van der Waals surface area contributed by atoms with Crippen LogP contribution in [-0.2, 0) is 23.6 Å². The molecule has 0 fully saturated rings. The number of aromatic nitrogens is 2. The molecule has 7 heteroatoms. The maximum Gasteiger partial charge on any atom is 0.246 e. The Hall–Kier alpha value is -2.17. The Kier molecular flexibility index (Phi) is 4.96. The molecule has 1 aromatic heterocycles. The molecule has 0 radical (unpaired) electrons. The molecule has 1 heterocycles. The van der Waals surface area contributed by atoms with Gasteiger partial charge in [0.25, 0.3) is 0 Å². The van der Waals surface area contributed by atoms with Crippen molar-refractivity contribution in [1.29, 1.82) is 5.26 Å². The molecule has 2 aromatic rings. The van der Waals surface area contributed by atoms with E-state index < -0.39 is 10.0 Å². The van der Waals surface area contributed by atoms with Crippen LogP contribution in [0.3, 0.4) is 0 Å². The van der Waals surface area contributed by atoms with E-state index >= 15 is 0 Å². The summed E-state index contributed by atoms with van der Waals surface area (Å²) >= 11 is 0. The van der Waals surface area contributed by atoms with Gasteiger partial charge in [0.1, 0.15) is 4.90 Å². The minimum absolute atomic E-state index is 0.192. The molecular formula is C15H18N4O2S. The van der Waals surface area contributed by atoms with Crippen LogP contribution in [0, 0.1) is 11.3 Å². The summed E-state index contributed by atoms with van der Waals surface area (Å²) in [4.78, 5) is 0.192. The van der Waals surface area contributed by atoms with Gasteiger partial charge in [0.2, 0.25) is 10.0 Å². The first kappa shape index (κ1) is 16.2. The molecule has 0 saturated carbocycles. The third-order valence-corrected chi connectivity index (χ3v) is 5.03. The summed E-state index contributed by atoms with van der Waals surface area (Å²) in [5.41, 5.74) is 1.40. The van der Waals surface area contributed by atoms with Gasteiger partial charge in [-0.3, -0.25) is 4.68 Å². The number of hydrogen-bond donors (Lipinski definition) is 0. The van der Waals surface area contributed by atoms with Crippen LogP contribution in [0.4, 0.5) is 0 Å². The number of sulfonamides is 1. The number of benzene rings is 1.